The number of hydrogen-bond donors (Lipinski definition) is 0. The fourth-order valence-electron chi connectivity index (χ4n) is 1.55. The van der Waals surface area contributed by atoms with Crippen molar-refractivity contribution in [2.45, 2.75) is 6.92 Å². The fourth-order valence-corrected chi connectivity index (χ4v) is 1.72. The summed E-state index contributed by atoms with van der Waals surface area (Å²) in [5.41, 5.74) is 0.852. The van der Waals surface area contributed by atoms with Crippen LogP contribution in [0.5, 0.6) is 0 Å². The quantitative estimate of drug-likeness (QED) is 0.663. The Morgan fingerprint density at radius 2 is 1.86 bits per heavy atom. The third kappa shape index (κ3) is 1.13. The lowest BCUT2D eigenvalue weighted by Crippen LogP contribution is -2.29. The zero-order valence-electron chi connectivity index (χ0n) is 7.58. The molecule has 0 aliphatic carbocycles. The summed E-state index contributed by atoms with van der Waals surface area (Å²) in [7, 11) is 0. The number of benzene rings is 1. The number of hydrogen-bond acceptors (Lipinski definition) is 2. The summed E-state index contributed by atoms with van der Waals surface area (Å²) in [6, 6.07) is 4.74. The van der Waals surface area contributed by atoms with E-state index in [1.54, 1.807) is 19.1 Å². The van der Waals surface area contributed by atoms with Gasteiger partial charge >= 0.3 is 0 Å². The first kappa shape index (κ1) is 9.21. The van der Waals surface area contributed by atoms with Gasteiger partial charge in [0.15, 0.2) is 0 Å². The van der Waals surface area contributed by atoms with Crippen molar-refractivity contribution in [2.24, 2.45) is 0 Å². The Kier molecular flexibility index (Phi) is 2.04. The average molecular weight is 210 g/mol. The lowest BCUT2D eigenvalue weighted by atomic mass is 10.1. The second-order valence-electron chi connectivity index (χ2n) is 3.04. The maximum Gasteiger partial charge on any atom is 0.261 e. The van der Waals surface area contributed by atoms with E-state index in [9.17, 15) is 9.59 Å². The van der Waals surface area contributed by atoms with Crippen LogP contribution in [0, 0.1) is 0 Å². The molecule has 4 heteroatoms. The van der Waals surface area contributed by atoms with Gasteiger partial charge in [-0.1, -0.05) is 11.6 Å². The first-order valence-corrected chi connectivity index (χ1v) is 4.68. The maximum absolute atomic E-state index is 11.6. The number of rotatable bonds is 1. The van der Waals surface area contributed by atoms with Crippen molar-refractivity contribution < 1.29 is 9.59 Å². The molecule has 0 N–H and O–H groups in total. The van der Waals surface area contributed by atoms with Crippen molar-refractivity contribution in [3.8, 4) is 0 Å². The highest BCUT2D eigenvalue weighted by atomic mass is 35.5. The molecule has 1 aromatic rings. The molecule has 0 fully saturated rings. The van der Waals surface area contributed by atoms with Crippen LogP contribution in [0.25, 0.3) is 0 Å². The highest BCUT2D eigenvalue weighted by Crippen LogP contribution is 2.25. The van der Waals surface area contributed by atoms with Gasteiger partial charge in [-0.15, -0.1) is 0 Å². The van der Waals surface area contributed by atoms with Gasteiger partial charge in [-0.3, -0.25) is 14.5 Å². The lowest BCUT2D eigenvalue weighted by molar-refractivity contribution is 0.0663. The van der Waals surface area contributed by atoms with Crippen molar-refractivity contribution in [2.75, 3.05) is 6.54 Å². The van der Waals surface area contributed by atoms with E-state index in [0.29, 0.717) is 22.7 Å². The zero-order valence-corrected chi connectivity index (χ0v) is 8.34. The van der Waals surface area contributed by atoms with Crippen LogP contribution in [0.3, 0.4) is 0 Å². The average Bonchev–Trinajstić information content (AvgIpc) is 2.39. The molecule has 0 radical (unpaired) electrons. The van der Waals surface area contributed by atoms with Gasteiger partial charge in [0, 0.05) is 11.6 Å². The summed E-state index contributed by atoms with van der Waals surface area (Å²) in [6.07, 6.45) is 0. The largest absolute Gasteiger partial charge is 0.275 e. The molecule has 0 saturated heterocycles. The number of carbonyl (C=O) groups excluding carboxylic acids is 2. The van der Waals surface area contributed by atoms with Crippen LogP contribution in [0.4, 0.5) is 0 Å². The first-order valence-electron chi connectivity index (χ1n) is 4.31. The molecule has 2 amide bonds. The smallest absolute Gasteiger partial charge is 0.261 e. The van der Waals surface area contributed by atoms with Crippen LogP contribution in [-0.4, -0.2) is 23.3 Å². The fraction of sp³-hybridized carbons (Fsp3) is 0.200. The van der Waals surface area contributed by atoms with Crippen LogP contribution in [0.1, 0.15) is 27.6 Å². The monoisotopic (exact) mass is 209 g/mol. The van der Waals surface area contributed by atoms with Crippen molar-refractivity contribution in [1.82, 2.24) is 4.90 Å². The Balaban J connectivity index is 2.58. The van der Waals surface area contributed by atoms with Crippen LogP contribution in [0.15, 0.2) is 18.2 Å². The minimum absolute atomic E-state index is 0.232. The summed E-state index contributed by atoms with van der Waals surface area (Å²) < 4.78 is 0. The van der Waals surface area contributed by atoms with E-state index in [4.69, 9.17) is 11.6 Å². The van der Waals surface area contributed by atoms with Gasteiger partial charge < -0.3 is 0 Å². The Bertz CT molecular complexity index is 428. The van der Waals surface area contributed by atoms with Gasteiger partial charge in [-0.25, -0.2) is 0 Å². The summed E-state index contributed by atoms with van der Waals surface area (Å²) in [5.74, 6) is -0.487. The minimum atomic E-state index is -0.255. The van der Waals surface area contributed by atoms with Crippen LogP contribution >= 0.6 is 11.6 Å². The highest BCUT2D eigenvalue weighted by molar-refractivity contribution is 6.32. The molecule has 0 bridgehead atoms. The Morgan fingerprint density at radius 1 is 1.21 bits per heavy atom. The van der Waals surface area contributed by atoms with E-state index >= 15 is 0 Å². The van der Waals surface area contributed by atoms with E-state index in [1.807, 2.05) is 0 Å². The standard InChI is InChI=1S/C10H8ClNO2/c1-2-12-9(13)7-4-3-6(11)5-8(7)10(12)14/h3-5H,2H2,1H3. The molecule has 1 aliphatic heterocycles. The highest BCUT2D eigenvalue weighted by Gasteiger charge is 2.34. The first-order chi connectivity index (χ1) is 6.65. The molecule has 0 saturated carbocycles. The molecule has 1 aromatic carbocycles. The van der Waals surface area contributed by atoms with E-state index in [-0.39, 0.29) is 11.8 Å². The van der Waals surface area contributed by atoms with Crippen LogP contribution in [-0.2, 0) is 0 Å². The van der Waals surface area contributed by atoms with Crippen molar-refractivity contribution in [3.63, 3.8) is 0 Å². The molecule has 0 spiro atoms. The third-order valence-electron chi connectivity index (χ3n) is 2.25. The number of imide groups is 1. The predicted octanol–water partition coefficient (Wildman–Crippen LogP) is 1.96. The Morgan fingerprint density at radius 3 is 2.50 bits per heavy atom. The van der Waals surface area contributed by atoms with Crippen LogP contribution < -0.4 is 0 Å². The van der Waals surface area contributed by atoms with Crippen molar-refractivity contribution in [3.05, 3.63) is 34.3 Å². The van der Waals surface area contributed by atoms with E-state index in [2.05, 4.69) is 0 Å². The SMILES string of the molecule is CCN1C(=O)c2ccc(Cl)cc2C1=O. The second-order valence-corrected chi connectivity index (χ2v) is 3.48. The number of nitrogens with zero attached hydrogens (tertiary/aromatic N) is 1. The van der Waals surface area contributed by atoms with Crippen molar-refractivity contribution >= 4 is 23.4 Å². The number of carbonyl (C=O) groups is 2. The second kappa shape index (κ2) is 3.10. The molecule has 0 atom stereocenters. The summed E-state index contributed by atoms with van der Waals surface area (Å²) in [5, 5.41) is 0.475. The molecule has 72 valence electrons. The van der Waals surface area contributed by atoms with Gasteiger partial charge in [-0.05, 0) is 25.1 Å². The maximum atomic E-state index is 11.6. The third-order valence-corrected chi connectivity index (χ3v) is 2.48. The van der Waals surface area contributed by atoms with Gasteiger partial charge in [0.2, 0.25) is 0 Å². The van der Waals surface area contributed by atoms with Gasteiger partial charge in [0.25, 0.3) is 11.8 Å². The molecular weight excluding hydrogens is 202 g/mol. The van der Waals surface area contributed by atoms with E-state index in [0.717, 1.165) is 0 Å². The molecule has 1 heterocycles. The van der Waals surface area contributed by atoms with E-state index < -0.39 is 0 Å². The molecule has 14 heavy (non-hydrogen) atoms. The molecular formula is C10H8ClNO2. The predicted molar refractivity (Wildman–Crippen MR) is 52.5 cm³/mol. The number of fused-ring (bicyclic) bond motifs is 1. The van der Waals surface area contributed by atoms with Gasteiger partial charge in [0.1, 0.15) is 0 Å². The minimum Gasteiger partial charge on any atom is -0.275 e. The van der Waals surface area contributed by atoms with E-state index in [1.165, 1.54) is 11.0 Å². The zero-order chi connectivity index (χ0) is 10.3. The lowest BCUT2D eigenvalue weighted by Gasteiger charge is -2.08. The van der Waals surface area contributed by atoms with Crippen molar-refractivity contribution in [1.29, 1.82) is 0 Å². The molecule has 0 unspecified atom stereocenters. The number of halogens is 1. The molecule has 0 aromatic heterocycles. The summed E-state index contributed by atoms with van der Waals surface area (Å²) in [4.78, 5) is 24.5. The summed E-state index contributed by atoms with van der Waals surface area (Å²) >= 11 is 5.75. The Labute approximate surface area is 86.3 Å². The molecule has 3 nitrogen and oxygen atoms in total. The molecule has 2 rings (SSSR count). The normalized spacial score (nSPS) is 14.9. The van der Waals surface area contributed by atoms with Gasteiger partial charge in [0.05, 0.1) is 11.1 Å². The number of amides is 2. The topological polar surface area (TPSA) is 37.4 Å². The van der Waals surface area contributed by atoms with Gasteiger partial charge in [-0.2, -0.15) is 0 Å². The summed E-state index contributed by atoms with van der Waals surface area (Å²) in [6.45, 7) is 2.16. The molecule has 1 aliphatic rings. The Hall–Kier alpha value is -1.35. The van der Waals surface area contributed by atoms with Crippen LogP contribution in [0.2, 0.25) is 5.02 Å².